The third kappa shape index (κ3) is 3.31. The second-order valence-corrected chi connectivity index (χ2v) is 7.25. The van der Waals surface area contributed by atoms with Gasteiger partial charge in [0.05, 0.1) is 3.79 Å². The maximum atomic E-state index is 3.54. The second kappa shape index (κ2) is 6.18. The zero-order valence-corrected chi connectivity index (χ0v) is 12.2. The average molecular weight is 302 g/mol. The lowest BCUT2D eigenvalue weighted by Crippen LogP contribution is -2.36. The van der Waals surface area contributed by atoms with E-state index in [1.54, 1.807) is 0 Å². The van der Waals surface area contributed by atoms with Gasteiger partial charge in [0.25, 0.3) is 0 Å². The molecule has 1 heterocycles. The van der Waals surface area contributed by atoms with Gasteiger partial charge >= 0.3 is 0 Å². The number of nitrogens with one attached hydrogen (secondary N) is 1. The van der Waals surface area contributed by atoms with Crippen molar-refractivity contribution in [2.24, 2.45) is 5.92 Å². The number of rotatable bonds is 4. The maximum absolute atomic E-state index is 3.54. The molecule has 1 nitrogen and oxygen atoms in total. The van der Waals surface area contributed by atoms with Gasteiger partial charge in [-0.25, -0.2) is 0 Å². The third-order valence-corrected chi connectivity index (χ3v) is 5.29. The molecule has 0 spiro atoms. The summed E-state index contributed by atoms with van der Waals surface area (Å²) in [7, 11) is 2.11. The van der Waals surface area contributed by atoms with E-state index in [0.717, 1.165) is 5.92 Å². The smallest absolute Gasteiger partial charge is 0.0701 e. The summed E-state index contributed by atoms with van der Waals surface area (Å²) < 4.78 is 1.25. The summed E-state index contributed by atoms with van der Waals surface area (Å²) in [5.74, 6) is 0.889. The highest BCUT2D eigenvalue weighted by Gasteiger charge is 2.22. The van der Waals surface area contributed by atoms with Crippen LogP contribution in [0.5, 0.6) is 0 Å². The molecule has 0 bridgehead atoms. The Morgan fingerprint density at radius 2 is 2.12 bits per heavy atom. The van der Waals surface area contributed by atoms with Crippen molar-refractivity contribution in [3.8, 4) is 0 Å². The first-order valence-corrected chi connectivity index (χ1v) is 7.82. The van der Waals surface area contributed by atoms with E-state index >= 15 is 0 Å². The van der Waals surface area contributed by atoms with Gasteiger partial charge in [0, 0.05) is 10.9 Å². The number of hydrogen-bond acceptors (Lipinski definition) is 2. The molecule has 1 aliphatic carbocycles. The summed E-state index contributed by atoms with van der Waals surface area (Å²) in [4.78, 5) is 1.50. The van der Waals surface area contributed by atoms with Crippen LogP contribution in [0.4, 0.5) is 0 Å². The molecule has 1 N–H and O–H groups in total. The first-order chi connectivity index (χ1) is 7.79. The fourth-order valence-corrected chi connectivity index (χ4v) is 4.26. The summed E-state index contributed by atoms with van der Waals surface area (Å²) in [6.45, 7) is 0. The van der Waals surface area contributed by atoms with Crippen molar-refractivity contribution in [1.82, 2.24) is 5.32 Å². The molecular weight excluding hydrogens is 282 g/mol. The molecule has 1 aromatic rings. The molecule has 1 unspecified atom stereocenters. The van der Waals surface area contributed by atoms with Crippen LogP contribution in [0.25, 0.3) is 0 Å². The van der Waals surface area contributed by atoms with Crippen molar-refractivity contribution >= 4 is 27.3 Å². The minimum Gasteiger partial charge on any atom is -0.316 e. The van der Waals surface area contributed by atoms with E-state index in [2.05, 4.69) is 40.4 Å². The highest BCUT2D eigenvalue weighted by atomic mass is 79.9. The summed E-state index contributed by atoms with van der Waals surface area (Å²) in [5, 5.41) is 3.52. The first-order valence-electron chi connectivity index (χ1n) is 6.21. The van der Waals surface area contributed by atoms with Crippen molar-refractivity contribution < 1.29 is 0 Å². The maximum Gasteiger partial charge on any atom is 0.0701 e. The van der Waals surface area contributed by atoms with E-state index in [4.69, 9.17) is 0 Å². The summed E-state index contributed by atoms with van der Waals surface area (Å²) >= 11 is 5.41. The van der Waals surface area contributed by atoms with Crippen molar-refractivity contribution in [2.45, 2.75) is 44.6 Å². The minimum atomic E-state index is 0.672. The zero-order chi connectivity index (χ0) is 11.4. The van der Waals surface area contributed by atoms with Gasteiger partial charge in [0.1, 0.15) is 0 Å². The lowest BCUT2D eigenvalue weighted by Gasteiger charge is -2.29. The summed E-state index contributed by atoms with van der Waals surface area (Å²) in [6.07, 6.45) is 8.32. The Labute approximate surface area is 111 Å². The van der Waals surface area contributed by atoms with Crippen LogP contribution in [0.1, 0.15) is 37.0 Å². The van der Waals surface area contributed by atoms with E-state index < -0.39 is 0 Å². The average Bonchev–Trinajstić information content (AvgIpc) is 2.73. The Balaban J connectivity index is 1.94. The molecule has 0 saturated heterocycles. The second-order valence-electron chi connectivity index (χ2n) is 4.70. The lowest BCUT2D eigenvalue weighted by atomic mass is 9.82. The van der Waals surface area contributed by atoms with Crippen molar-refractivity contribution in [3.63, 3.8) is 0 Å². The molecule has 1 aliphatic rings. The Hall–Kier alpha value is 0.140. The summed E-state index contributed by atoms with van der Waals surface area (Å²) in [6, 6.07) is 5.08. The van der Waals surface area contributed by atoms with Gasteiger partial charge < -0.3 is 5.32 Å². The molecule has 1 atom stereocenters. The summed E-state index contributed by atoms with van der Waals surface area (Å²) in [5.41, 5.74) is 0. The quantitative estimate of drug-likeness (QED) is 0.878. The fourth-order valence-electron chi connectivity index (χ4n) is 2.72. The van der Waals surface area contributed by atoms with Crippen molar-refractivity contribution in [1.29, 1.82) is 0 Å². The van der Waals surface area contributed by atoms with E-state index in [-0.39, 0.29) is 0 Å². The molecule has 0 aliphatic heterocycles. The van der Waals surface area contributed by atoms with Crippen LogP contribution in [0, 0.1) is 5.92 Å². The van der Waals surface area contributed by atoms with Gasteiger partial charge in [0.2, 0.25) is 0 Å². The van der Waals surface area contributed by atoms with Gasteiger partial charge in [-0.15, -0.1) is 11.3 Å². The van der Waals surface area contributed by atoms with Gasteiger partial charge in [0.15, 0.2) is 0 Å². The third-order valence-electron chi connectivity index (χ3n) is 3.64. The molecule has 1 fully saturated rings. The Morgan fingerprint density at radius 3 is 2.69 bits per heavy atom. The number of halogens is 1. The van der Waals surface area contributed by atoms with Crippen LogP contribution in [-0.2, 0) is 6.42 Å². The van der Waals surface area contributed by atoms with Crippen LogP contribution in [0.3, 0.4) is 0 Å². The Kier molecular flexibility index (Phi) is 4.86. The molecule has 3 heteroatoms. The van der Waals surface area contributed by atoms with Crippen molar-refractivity contribution in [3.05, 3.63) is 20.8 Å². The SMILES string of the molecule is CNC(Cc1ccc(Br)s1)C1CCCCC1. The molecular formula is C13H20BrNS. The van der Waals surface area contributed by atoms with Crippen LogP contribution in [-0.4, -0.2) is 13.1 Å². The van der Waals surface area contributed by atoms with Crippen LogP contribution >= 0.6 is 27.3 Å². The monoisotopic (exact) mass is 301 g/mol. The van der Waals surface area contributed by atoms with Crippen molar-refractivity contribution in [2.75, 3.05) is 7.05 Å². The van der Waals surface area contributed by atoms with E-state index in [1.807, 2.05) is 11.3 Å². The lowest BCUT2D eigenvalue weighted by molar-refractivity contribution is 0.277. The van der Waals surface area contributed by atoms with E-state index in [9.17, 15) is 0 Å². The predicted molar refractivity (Wildman–Crippen MR) is 75.1 cm³/mol. The Morgan fingerprint density at radius 1 is 1.38 bits per heavy atom. The zero-order valence-electron chi connectivity index (χ0n) is 9.84. The molecule has 0 amide bonds. The van der Waals surface area contributed by atoms with Crippen LogP contribution < -0.4 is 5.32 Å². The molecule has 0 radical (unpaired) electrons. The minimum absolute atomic E-state index is 0.672. The molecule has 16 heavy (non-hydrogen) atoms. The molecule has 2 rings (SSSR count). The molecule has 90 valence electrons. The van der Waals surface area contributed by atoms with E-state index in [0.29, 0.717) is 6.04 Å². The highest BCUT2D eigenvalue weighted by molar-refractivity contribution is 9.11. The first kappa shape index (κ1) is 12.6. The molecule has 1 saturated carbocycles. The van der Waals surface area contributed by atoms with Crippen LogP contribution in [0.15, 0.2) is 15.9 Å². The molecule has 1 aromatic heterocycles. The van der Waals surface area contributed by atoms with Gasteiger partial charge in [-0.1, -0.05) is 19.3 Å². The largest absolute Gasteiger partial charge is 0.316 e. The topological polar surface area (TPSA) is 12.0 Å². The van der Waals surface area contributed by atoms with E-state index in [1.165, 1.54) is 47.2 Å². The standard InChI is InChI=1S/C13H20BrNS/c1-15-12(10-5-3-2-4-6-10)9-11-7-8-13(14)16-11/h7-8,10,12,15H,2-6,9H2,1H3. The number of thiophene rings is 1. The van der Waals surface area contributed by atoms with Gasteiger partial charge in [-0.3, -0.25) is 0 Å². The van der Waals surface area contributed by atoms with Gasteiger partial charge in [-0.2, -0.15) is 0 Å². The Bertz CT molecular complexity index is 317. The van der Waals surface area contributed by atoms with Crippen LogP contribution in [0.2, 0.25) is 0 Å². The highest BCUT2D eigenvalue weighted by Crippen LogP contribution is 2.30. The van der Waals surface area contributed by atoms with Gasteiger partial charge in [-0.05, 0) is 60.3 Å². The number of likely N-dealkylation sites (N-methyl/N-ethyl adjacent to an activating group) is 1. The fraction of sp³-hybridized carbons (Fsp3) is 0.692. The normalized spacial score (nSPS) is 19.9. The number of hydrogen-bond donors (Lipinski definition) is 1. The molecule has 0 aromatic carbocycles. The predicted octanol–water partition coefficient (Wildman–Crippen LogP) is 4.22.